The van der Waals surface area contributed by atoms with Crippen molar-refractivity contribution in [2.75, 3.05) is 0 Å². The van der Waals surface area contributed by atoms with Crippen molar-refractivity contribution in [3.8, 4) is 11.8 Å². The number of allylic oxidation sites excluding steroid dienone is 1. The third-order valence-electron chi connectivity index (χ3n) is 4.14. The van der Waals surface area contributed by atoms with Crippen LogP contribution in [0.25, 0.3) is 11.6 Å². The molecule has 0 aliphatic heterocycles. The average Bonchev–Trinajstić information content (AvgIpc) is 2.72. The fourth-order valence-corrected chi connectivity index (χ4v) is 3.08. The molecule has 29 heavy (non-hydrogen) atoms. The van der Waals surface area contributed by atoms with Gasteiger partial charge in [0.1, 0.15) is 12.4 Å². The molecule has 0 saturated carbocycles. The molecule has 0 radical (unpaired) electrons. The lowest BCUT2D eigenvalue weighted by Crippen LogP contribution is -2.00. The number of aromatic carboxylic acids is 1. The van der Waals surface area contributed by atoms with Crippen LogP contribution in [0.1, 0.15) is 27.0 Å². The van der Waals surface area contributed by atoms with Gasteiger partial charge >= 0.3 is 5.97 Å². The molecule has 0 saturated heterocycles. The predicted octanol–water partition coefficient (Wildman–Crippen LogP) is 6.44. The topological polar surface area (TPSA) is 70.3 Å². The molecule has 0 aliphatic carbocycles. The van der Waals surface area contributed by atoms with Crippen molar-refractivity contribution < 1.29 is 14.6 Å². The SMILES string of the molecule is N#C/C(=C\c1cc(Cl)ccc1OCc1ccc(C(=O)O)cc1)c1ccc(Br)cc1. The zero-order valence-electron chi connectivity index (χ0n) is 15.1. The minimum absolute atomic E-state index is 0.219. The average molecular weight is 469 g/mol. The van der Waals surface area contributed by atoms with E-state index >= 15 is 0 Å². The molecule has 6 heteroatoms. The number of carboxylic acid groups (broad SMARTS) is 1. The maximum absolute atomic E-state index is 11.0. The number of hydrogen-bond donors (Lipinski definition) is 1. The molecule has 3 aromatic rings. The third-order valence-corrected chi connectivity index (χ3v) is 4.91. The van der Waals surface area contributed by atoms with Gasteiger partial charge in [-0.05, 0) is 59.7 Å². The Morgan fingerprint density at radius 3 is 2.34 bits per heavy atom. The number of benzene rings is 3. The van der Waals surface area contributed by atoms with Crippen molar-refractivity contribution in [2.24, 2.45) is 0 Å². The number of rotatable bonds is 6. The summed E-state index contributed by atoms with van der Waals surface area (Å²) in [5, 5.41) is 19.1. The molecule has 0 aliphatic rings. The highest BCUT2D eigenvalue weighted by Gasteiger charge is 2.08. The van der Waals surface area contributed by atoms with E-state index in [9.17, 15) is 10.1 Å². The van der Waals surface area contributed by atoms with E-state index in [1.165, 1.54) is 12.1 Å². The second-order valence-corrected chi connectivity index (χ2v) is 7.50. The number of nitrogens with zero attached hydrogens (tertiary/aromatic N) is 1. The Morgan fingerprint density at radius 2 is 1.72 bits per heavy atom. The quantitative estimate of drug-likeness (QED) is 0.334. The lowest BCUT2D eigenvalue weighted by atomic mass is 10.0. The maximum Gasteiger partial charge on any atom is 0.335 e. The number of ether oxygens (including phenoxy) is 1. The van der Waals surface area contributed by atoms with Gasteiger partial charge in [0, 0.05) is 15.1 Å². The first-order valence-corrected chi connectivity index (χ1v) is 9.75. The van der Waals surface area contributed by atoms with Crippen LogP contribution >= 0.6 is 27.5 Å². The van der Waals surface area contributed by atoms with Crippen LogP contribution < -0.4 is 4.74 Å². The largest absolute Gasteiger partial charge is 0.488 e. The molecule has 144 valence electrons. The molecule has 0 heterocycles. The van der Waals surface area contributed by atoms with Gasteiger partial charge in [-0.25, -0.2) is 4.79 Å². The lowest BCUT2D eigenvalue weighted by Gasteiger charge is -2.11. The molecule has 0 bridgehead atoms. The van der Waals surface area contributed by atoms with Gasteiger partial charge < -0.3 is 9.84 Å². The van der Waals surface area contributed by atoms with Crippen molar-refractivity contribution >= 4 is 45.1 Å². The number of hydrogen-bond acceptors (Lipinski definition) is 3. The van der Waals surface area contributed by atoms with Gasteiger partial charge in [0.15, 0.2) is 0 Å². The van der Waals surface area contributed by atoms with E-state index in [0.29, 0.717) is 21.9 Å². The fourth-order valence-electron chi connectivity index (χ4n) is 2.63. The molecule has 3 rings (SSSR count). The van der Waals surface area contributed by atoms with Crippen LogP contribution in [-0.4, -0.2) is 11.1 Å². The van der Waals surface area contributed by atoms with Crippen molar-refractivity contribution in [3.05, 3.63) is 98.5 Å². The van der Waals surface area contributed by atoms with Gasteiger partial charge in [-0.15, -0.1) is 0 Å². The summed E-state index contributed by atoms with van der Waals surface area (Å²) in [5.41, 5.74) is 2.99. The van der Waals surface area contributed by atoms with Crippen LogP contribution in [0, 0.1) is 11.3 Å². The molecule has 0 amide bonds. The molecule has 4 nitrogen and oxygen atoms in total. The first-order valence-electron chi connectivity index (χ1n) is 8.58. The summed E-state index contributed by atoms with van der Waals surface area (Å²) in [5.74, 6) is -0.402. The van der Waals surface area contributed by atoms with Gasteiger partial charge in [0.2, 0.25) is 0 Å². The lowest BCUT2D eigenvalue weighted by molar-refractivity contribution is 0.0697. The standard InChI is InChI=1S/C23H15BrClNO3/c24-20-7-5-16(6-8-20)19(13-26)11-18-12-21(25)9-10-22(18)29-14-15-1-3-17(4-2-15)23(27)28/h1-12H,14H2,(H,27,28)/b19-11+. The molecule has 0 spiro atoms. The van der Waals surface area contributed by atoms with Crippen molar-refractivity contribution in [1.29, 1.82) is 5.26 Å². The molecule has 0 aromatic heterocycles. The molecule has 0 fully saturated rings. The highest BCUT2D eigenvalue weighted by Crippen LogP contribution is 2.29. The summed E-state index contributed by atoms with van der Waals surface area (Å²) < 4.78 is 6.84. The van der Waals surface area contributed by atoms with Crippen molar-refractivity contribution in [1.82, 2.24) is 0 Å². The summed E-state index contributed by atoms with van der Waals surface area (Å²) in [4.78, 5) is 11.0. The summed E-state index contributed by atoms with van der Waals surface area (Å²) >= 11 is 9.53. The van der Waals surface area contributed by atoms with E-state index in [4.69, 9.17) is 21.4 Å². The first-order chi connectivity index (χ1) is 14.0. The van der Waals surface area contributed by atoms with Crippen LogP contribution in [0.15, 0.2) is 71.2 Å². The van der Waals surface area contributed by atoms with E-state index in [1.807, 2.05) is 24.3 Å². The summed E-state index contributed by atoms with van der Waals surface area (Å²) in [6.07, 6.45) is 1.73. The van der Waals surface area contributed by atoms with Gasteiger partial charge in [-0.1, -0.05) is 51.8 Å². The van der Waals surface area contributed by atoms with Crippen LogP contribution in [0.5, 0.6) is 5.75 Å². The molecular formula is C23H15BrClNO3. The van der Waals surface area contributed by atoms with E-state index in [0.717, 1.165) is 15.6 Å². The molecule has 3 aromatic carbocycles. The van der Waals surface area contributed by atoms with Crippen LogP contribution in [-0.2, 0) is 6.61 Å². The Balaban J connectivity index is 1.86. The minimum Gasteiger partial charge on any atom is -0.488 e. The number of halogens is 2. The van der Waals surface area contributed by atoms with E-state index < -0.39 is 5.97 Å². The minimum atomic E-state index is -0.973. The summed E-state index contributed by atoms with van der Waals surface area (Å²) in [7, 11) is 0. The zero-order valence-corrected chi connectivity index (χ0v) is 17.4. The number of carboxylic acids is 1. The highest BCUT2D eigenvalue weighted by atomic mass is 79.9. The first kappa shape index (κ1) is 20.7. The Labute approximate surface area is 181 Å². The van der Waals surface area contributed by atoms with Gasteiger partial charge in [-0.2, -0.15) is 5.26 Å². The van der Waals surface area contributed by atoms with Crippen molar-refractivity contribution in [2.45, 2.75) is 6.61 Å². The van der Waals surface area contributed by atoms with Crippen molar-refractivity contribution in [3.63, 3.8) is 0 Å². The van der Waals surface area contributed by atoms with Gasteiger partial charge in [-0.3, -0.25) is 0 Å². The van der Waals surface area contributed by atoms with E-state index in [-0.39, 0.29) is 12.2 Å². The fraction of sp³-hybridized carbons (Fsp3) is 0.0435. The highest BCUT2D eigenvalue weighted by molar-refractivity contribution is 9.10. The molecule has 0 unspecified atom stereocenters. The monoisotopic (exact) mass is 467 g/mol. The summed E-state index contributed by atoms with van der Waals surface area (Å²) in [6.45, 7) is 0.253. The summed E-state index contributed by atoms with van der Waals surface area (Å²) in [6, 6.07) is 21.3. The molecule has 0 atom stereocenters. The Kier molecular flexibility index (Phi) is 6.71. The zero-order chi connectivity index (χ0) is 20.8. The van der Waals surface area contributed by atoms with Gasteiger partial charge in [0.25, 0.3) is 0 Å². The van der Waals surface area contributed by atoms with E-state index in [2.05, 4.69) is 22.0 Å². The second kappa shape index (κ2) is 9.42. The normalized spacial score (nSPS) is 11.0. The van der Waals surface area contributed by atoms with Crippen LogP contribution in [0.2, 0.25) is 5.02 Å². The van der Waals surface area contributed by atoms with Crippen LogP contribution in [0.3, 0.4) is 0 Å². The third kappa shape index (κ3) is 5.47. The number of nitriles is 1. The Bertz CT molecular complexity index is 1100. The predicted molar refractivity (Wildman–Crippen MR) is 117 cm³/mol. The number of carbonyl (C=O) groups is 1. The maximum atomic E-state index is 11.0. The van der Waals surface area contributed by atoms with E-state index in [1.54, 1.807) is 36.4 Å². The molecular weight excluding hydrogens is 454 g/mol. The smallest absolute Gasteiger partial charge is 0.335 e. The molecule has 1 N–H and O–H groups in total. The Morgan fingerprint density at radius 1 is 1.07 bits per heavy atom. The second-order valence-electron chi connectivity index (χ2n) is 6.15. The van der Waals surface area contributed by atoms with Gasteiger partial charge in [0.05, 0.1) is 17.2 Å². The Hall–Kier alpha value is -3.07. The van der Waals surface area contributed by atoms with Crippen LogP contribution in [0.4, 0.5) is 0 Å².